The Hall–Kier alpha value is -2.87. The highest BCUT2D eigenvalue weighted by Gasteiger charge is 2.17. The standard InChI is InChI=1S/C22H26BrN3O4/c1-22(2,3)30-21(29)24-13-15-9-11-16(12-10-15)20(28)26(4)14-19(27)25-18-8-6-5-7-17(18)23/h5-12H,13-14H2,1-4H3,(H,24,29)(H,25,27). The SMILES string of the molecule is CN(CC(=O)Nc1ccccc1Br)C(=O)c1ccc(CNC(=O)OC(C)(C)C)cc1. The van der Waals surface area contributed by atoms with Crippen LogP contribution in [0.5, 0.6) is 0 Å². The number of halogens is 1. The molecule has 2 rings (SSSR count). The number of nitrogens with one attached hydrogen (secondary N) is 2. The van der Waals surface area contributed by atoms with Gasteiger partial charge in [0.05, 0.1) is 12.2 Å². The van der Waals surface area contributed by atoms with Crippen molar-refractivity contribution in [3.8, 4) is 0 Å². The molecule has 2 N–H and O–H groups in total. The van der Waals surface area contributed by atoms with Crippen LogP contribution in [0.2, 0.25) is 0 Å². The van der Waals surface area contributed by atoms with Gasteiger partial charge < -0.3 is 20.3 Å². The Bertz CT molecular complexity index is 907. The fraction of sp³-hybridized carbons (Fsp3) is 0.318. The van der Waals surface area contributed by atoms with Crippen LogP contribution in [0, 0.1) is 0 Å². The van der Waals surface area contributed by atoms with Gasteiger partial charge in [0.25, 0.3) is 5.91 Å². The van der Waals surface area contributed by atoms with Crippen molar-refractivity contribution < 1.29 is 19.1 Å². The lowest BCUT2D eigenvalue weighted by molar-refractivity contribution is -0.116. The molecule has 0 aliphatic rings. The van der Waals surface area contributed by atoms with Gasteiger partial charge in [-0.15, -0.1) is 0 Å². The molecule has 0 fully saturated rings. The minimum absolute atomic E-state index is 0.0812. The fourth-order valence-electron chi connectivity index (χ4n) is 2.51. The Labute approximate surface area is 184 Å². The van der Waals surface area contributed by atoms with Crippen LogP contribution in [0.25, 0.3) is 0 Å². The topological polar surface area (TPSA) is 87.7 Å². The molecule has 0 aromatic heterocycles. The highest BCUT2D eigenvalue weighted by molar-refractivity contribution is 9.10. The summed E-state index contributed by atoms with van der Waals surface area (Å²) in [6.45, 7) is 5.59. The van der Waals surface area contributed by atoms with Crippen LogP contribution in [-0.4, -0.2) is 42.0 Å². The first kappa shape index (κ1) is 23.4. The summed E-state index contributed by atoms with van der Waals surface area (Å²) in [5, 5.41) is 5.44. The van der Waals surface area contributed by atoms with Gasteiger partial charge in [0.1, 0.15) is 5.60 Å². The Morgan fingerprint density at radius 2 is 1.67 bits per heavy atom. The molecule has 7 nitrogen and oxygen atoms in total. The molecule has 0 aliphatic carbocycles. The van der Waals surface area contributed by atoms with Crippen molar-refractivity contribution in [2.75, 3.05) is 18.9 Å². The van der Waals surface area contributed by atoms with Gasteiger partial charge >= 0.3 is 6.09 Å². The Morgan fingerprint density at radius 1 is 1.03 bits per heavy atom. The molecular weight excluding hydrogens is 450 g/mol. The molecule has 0 saturated carbocycles. The third kappa shape index (κ3) is 7.51. The molecule has 0 spiro atoms. The molecule has 0 saturated heterocycles. The van der Waals surface area contributed by atoms with E-state index in [1.165, 1.54) is 4.90 Å². The van der Waals surface area contributed by atoms with E-state index in [-0.39, 0.29) is 24.9 Å². The van der Waals surface area contributed by atoms with Crippen molar-refractivity contribution in [2.24, 2.45) is 0 Å². The summed E-state index contributed by atoms with van der Waals surface area (Å²) in [4.78, 5) is 37.9. The summed E-state index contributed by atoms with van der Waals surface area (Å²) >= 11 is 3.37. The number of hydrogen-bond acceptors (Lipinski definition) is 4. The zero-order valence-corrected chi connectivity index (χ0v) is 19.1. The normalized spacial score (nSPS) is 10.8. The van der Waals surface area contributed by atoms with Crippen molar-refractivity contribution in [3.05, 3.63) is 64.1 Å². The maximum absolute atomic E-state index is 12.6. The van der Waals surface area contributed by atoms with Gasteiger partial charge in [-0.2, -0.15) is 0 Å². The summed E-state index contributed by atoms with van der Waals surface area (Å²) < 4.78 is 5.95. The molecular formula is C22H26BrN3O4. The van der Waals surface area contributed by atoms with Crippen LogP contribution in [0.3, 0.4) is 0 Å². The maximum atomic E-state index is 12.6. The number of alkyl carbamates (subject to hydrolysis) is 1. The Kier molecular flexibility index (Phi) is 8.00. The van der Waals surface area contributed by atoms with Crippen molar-refractivity contribution in [2.45, 2.75) is 32.9 Å². The van der Waals surface area contributed by atoms with E-state index in [4.69, 9.17) is 4.74 Å². The second-order valence-corrected chi connectivity index (χ2v) is 8.60. The molecule has 2 aromatic rings. The van der Waals surface area contributed by atoms with Crippen molar-refractivity contribution in [1.29, 1.82) is 0 Å². The predicted molar refractivity (Wildman–Crippen MR) is 119 cm³/mol. The first-order valence-electron chi connectivity index (χ1n) is 9.41. The molecule has 0 atom stereocenters. The van der Waals surface area contributed by atoms with Crippen LogP contribution in [0.15, 0.2) is 53.0 Å². The van der Waals surface area contributed by atoms with E-state index < -0.39 is 11.7 Å². The lowest BCUT2D eigenvalue weighted by Crippen LogP contribution is -2.35. The number of para-hydroxylation sites is 1. The molecule has 0 aliphatic heterocycles. The van der Waals surface area contributed by atoms with Gasteiger partial charge in [0.2, 0.25) is 5.91 Å². The predicted octanol–water partition coefficient (Wildman–Crippen LogP) is 4.18. The van der Waals surface area contributed by atoms with Gasteiger partial charge in [0.15, 0.2) is 0 Å². The summed E-state index contributed by atoms with van der Waals surface area (Å²) in [6.07, 6.45) is -0.501. The fourth-order valence-corrected chi connectivity index (χ4v) is 2.90. The van der Waals surface area contributed by atoms with E-state index in [1.807, 2.05) is 18.2 Å². The number of nitrogens with zero attached hydrogens (tertiary/aromatic N) is 1. The molecule has 8 heteroatoms. The minimum atomic E-state index is -0.562. The van der Waals surface area contributed by atoms with E-state index in [0.717, 1.165) is 10.0 Å². The molecule has 160 valence electrons. The van der Waals surface area contributed by atoms with E-state index in [0.29, 0.717) is 11.3 Å². The number of carbonyl (C=O) groups excluding carboxylic acids is 3. The monoisotopic (exact) mass is 475 g/mol. The Balaban J connectivity index is 1.88. The summed E-state index contributed by atoms with van der Waals surface area (Å²) in [6, 6.07) is 14.1. The summed E-state index contributed by atoms with van der Waals surface area (Å²) in [5.41, 5.74) is 1.36. The smallest absolute Gasteiger partial charge is 0.407 e. The quantitative estimate of drug-likeness (QED) is 0.655. The molecule has 3 amide bonds. The van der Waals surface area contributed by atoms with Crippen molar-refractivity contribution in [1.82, 2.24) is 10.2 Å². The first-order valence-corrected chi connectivity index (χ1v) is 10.2. The van der Waals surface area contributed by atoms with E-state index in [1.54, 1.807) is 58.2 Å². The number of ether oxygens (including phenoxy) is 1. The minimum Gasteiger partial charge on any atom is -0.444 e. The van der Waals surface area contributed by atoms with Crippen molar-refractivity contribution >= 4 is 39.5 Å². The molecule has 0 unspecified atom stereocenters. The average Bonchev–Trinajstić information content (AvgIpc) is 2.66. The molecule has 0 bridgehead atoms. The number of benzene rings is 2. The van der Waals surface area contributed by atoms with Crippen LogP contribution in [0.4, 0.5) is 10.5 Å². The van der Waals surface area contributed by atoms with Crippen LogP contribution < -0.4 is 10.6 Å². The number of carbonyl (C=O) groups is 3. The zero-order chi connectivity index (χ0) is 22.3. The second-order valence-electron chi connectivity index (χ2n) is 7.74. The third-order valence-electron chi connectivity index (χ3n) is 3.91. The van der Waals surface area contributed by atoms with Gasteiger partial charge in [-0.3, -0.25) is 9.59 Å². The van der Waals surface area contributed by atoms with E-state index in [9.17, 15) is 14.4 Å². The first-order chi connectivity index (χ1) is 14.0. The highest BCUT2D eigenvalue weighted by atomic mass is 79.9. The third-order valence-corrected chi connectivity index (χ3v) is 4.60. The zero-order valence-electron chi connectivity index (χ0n) is 17.5. The van der Waals surface area contributed by atoms with Crippen LogP contribution >= 0.6 is 15.9 Å². The van der Waals surface area contributed by atoms with Crippen LogP contribution in [-0.2, 0) is 16.1 Å². The molecule has 0 radical (unpaired) electrons. The van der Waals surface area contributed by atoms with Gasteiger partial charge in [0, 0.05) is 23.6 Å². The average molecular weight is 476 g/mol. The molecule has 30 heavy (non-hydrogen) atoms. The van der Waals surface area contributed by atoms with Gasteiger partial charge in [-0.1, -0.05) is 24.3 Å². The van der Waals surface area contributed by atoms with Gasteiger partial charge in [-0.05, 0) is 66.5 Å². The lowest BCUT2D eigenvalue weighted by atomic mass is 10.1. The summed E-state index contributed by atoms with van der Waals surface area (Å²) in [7, 11) is 1.57. The van der Waals surface area contributed by atoms with E-state index >= 15 is 0 Å². The maximum Gasteiger partial charge on any atom is 0.407 e. The number of likely N-dealkylation sites (N-methyl/N-ethyl adjacent to an activating group) is 1. The number of rotatable bonds is 6. The van der Waals surface area contributed by atoms with Gasteiger partial charge in [-0.25, -0.2) is 4.79 Å². The van der Waals surface area contributed by atoms with Crippen molar-refractivity contribution in [3.63, 3.8) is 0 Å². The number of anilines is 1. The molecule has 2 aromatic carbocycles. The van der Waals surface area contributed by atoms with Crippen LogP contribution in [0.1, 0.15) is 36.7 Å². The highest BCUT2D eigenvalue weighted by Crippen LogP contribution is 2.21. The summed E-state index contributed by atoms with van der Waals surface area (Å²) in [5.74, 6) is -0.570. The number of hydrogen-bond donors (Lipinski definition) is 2. The lowest BCUT2D eigenvalue weighted by Gasteiger charge is -2.19. The Morgan fingerprint density at radius 3 is 2.27 bits per heavy atom. The number of amides is 3. The largest absolute Gasteiger partial charge is 0.444 e. The second kappa shape index (κ2) is 10.2. The molecule has 0 heterocycles. The van der Waals surface area contributed by atoms with E-state index in [2.05, 4.69) is 26.6 Å².